The molecule has 0 aliphatic rings. The molecule has 0 bridgehead atoms. The van der Waals surface area contributed by atoms with Crippen LogP contribution in [0.3, 0.4) is 0 Å². The first kappa shape index (κ1) is 33.3. The third-order valence-corrected chi connectivity index (χ3v) is 6.22. The summed E-state index contributed by atoms with van der Waals surface area (Å²) < 4.78 is 11.0. The van der Waals surface area contributed by atoms with Gasteiger partial charge in [-0.25, -0.2) is 0 Å². The molecule has 0 radical (unpaired) electrons. The number of allylic oxidation sites excluding steroid dienone is 2. The Bertz CT molecular complexity index is 1200. The average molecular weight is 570 g/mol. The van der Waals surface area contributed by atoms with E-state index in [0.29, 0.717) is 6.42 Å². The minimum absolute atomic E-state index is 0.0885. The van der Waals surface area contributed by atoms with E-state index in [1.165, 1.54) is 0 Å². The van der Waals surface area contributed by atoms with Gasteiger partial charge in [0.15, 0.2) is 0 Å². The molecule has 1 aromatic heterocycles. The van der Waals surface area contributed by atoms with Crippen LogP contribution in [0.25, 0.3) is 10.9 Å². The van der Waals surface area contributed by atoms with Crippen molar-refractivity contribution in [2.24, 2.45) is 11.8 Å². The van der Waals surface area contributed by atoms with Crippen LogP contribution in [0.1, 0.15) is 52.0 Å². The van der Waals surface area contributed by atoms with Gasteiger partial charge in [0.2, 0.25) is 11.8 Å². The molecule has 3 atom stereocenters. The molecule has 2 rings (SSSR count). The maximum Gasteiger partial charge on any atom is 0.309 e. The number of carbonyl (C=O) groups excluding carboxylic acids is 4. The number of hydrogen-bond donors (Lipinski definition) is 4. The lowest BCUT2D eigenvalue weighted by atomic mass is 9.98. The maximum atomic E-state index is 13.3. The zero-order valence-electron chi connectivity index (χ0n) is 24.2. The van der Waals surface area contributed by atoms with Crippen molar-refractivity contribution in [2.75, 3.05) is 19.8 Å². The van der Waals surface area contributed by atoms with E-state index < -0.39 is 35.4 Å². The van der Waals surface area contributed by atoms with Crippen molar-refractivity contribution in [3.8, 4) is 0 Å². The van der Waals surface area contributed by atoms with Crippen molar-refractivity contribution in [1.29, 1.82) is 0 Å². The van der Waals surface area contributed by atoms with Gasteiger partial charge in [0.25, 0.3) is 0 Å². The van der Waals surface area contributed by atoms with Gasteiger partial charge in [-0.05, 0) is 51.7 Å². The SMILES string of the molecule is C=CC[C@H](CC(=O)NCCO)C(=O)N[C@H](COC(=O)[C@@H](CC=C)CC(=O)OC(C)(C)C)Cc1c[nH]c2ccccc12. The largest absolute Gasteiger partial charge is 0.463 e. The molecule has 0 aliphatic carbocycles. The number of nitrogens with one attached hydrogen (secondary N) is 3. The smallest absolute Gasteiger partial charge is 0.309 e. The number of carbonyl (C=O) groups is 4. The van der Waals surface area contributed by atoms with Crippen LogP contribution < -0.4 is 10.6 Å². The van der Waals surface area contributed by atoms with Gasteiger partial charge in [0.05, 0.1) is 30.9 Å². The van der Waals surface area contributed by atoms with E-state index in [2.05, 4.69) is 28.8 Å². The Balaban J connectivity index is 2.19. The van der Waals surface area contributed by atoms with Gasteiger partial charge < -0.3 is 30.2 Å². The highest BCUT2D eigenvalue weighted by Crippen LogP contribution is 2.21. The Morgan fingerprint density at radius 1 is 1.05 bits per heavy atom. The number of aliphatic hydroxyl groups is 1. The molecule has 2 aromatic rings. The molecule has 1 heterocycles. The van der Waals surface area contributed by atoms with Crippen molar-refractivity contribution in [2.45, 2.75) is 64.5 Å². The van der Waals surface area contributed by atoms with Crippen molar-refractivity contribution in [3.05, 3.63) is 61.3 Å². The van der Waals surface area contributed by atoms with Crippen molar-refractivity contribution in [1.82, 2.24) is 15.6 Å². The monoisotopic (exact) mass is 569 g/mol. The normalized spacial score (nSPS) is 13.5. The molecule has 10 nitrogen and oxygen atoms in total. The molecule has 224 valence electrons. The zero-order valence-corrected chi connectivity index (χ0v) is 24.2. The molecule has 1 aromatic carbocycles. The third-order valence-electron chi connectivity index (χ3n) is 6.22. The topological polar surface area (TPSA) is 147 Å². The average Bonchev–Trinajstić information content (AvgIpc) is 3.31. The van der Waals surface area contributed by atoms with Crippen molar-refractivity contribution in [3.63, 3.8) is 0 Å². The Kier molecular flexibility index (Phi) is 13.3. The Morgan fingerprint density at radius 3 is 2.39 bits per heavy atom. The number of aliphatic hydroxyl groups excluding tert-OH is 1. The zero-order chi connectivity index (χ0) is 30.4. The fraction of sp³-hybridized carbons (Fsp3) is 0.484. The molecule has 2 amide bonds. The van der Waals surface area contributed by atoms with Crippen LogP contribution in [0, 0.1) is 11.8 Å². The number of fused-ring (bicyclic) bond motifs is 1. The lowest BCUT2D eigenvalue weighted by Crippen LogP contribution is -2.44. The molecule has 0 saturated heterocycles. The molecule has 0 fully saturated rings. The van der Waals surface area contributed by atoms with E-state index in [1.54, 1.807) is 32.9 Å². The van der Waals surface area contributed by atoms with E-state index in [0.717, 1.165) is 16.5 Å². The number of para-hydroxylation sites is 1. The number of ether oxygens (including phenoxy) is 2. The standard InChI is InChI=1S/C31H43N3O7/c1-6-10-21(17-27(36)32-14-15-35)29(38)34-24(16-23-19-33-26-13-9-8-12-25(23)26)20-40-30(39)22(11-7-2)18-28(37)41-31(3,4)5/h6-9,12-13,19,21-22,24,33,35H,1-2,10-11,14-18,20H2,3-5H3,(H,32,36)(H,34,38)/t21-,22+,24+/m1/s1. The number of hydrogen-bond acceptors (Lipinski definition) is 7. The molecule has 10 heteroatoms. The summed E-state index contributed by atoms with van der Waals surface area (Å²) in [6.07, 6.45) is 5.53. The summed E-state index contributed by atoms with van der Waals surface area (Å²) in [6.45, 7) is 12.4. The summed E-state index contributed by atoms with van der Waals surface area (Å²) in [5, 5.41) is 15.4. The van der Waals surface area contributed by atoms with Crippen molar-refractivity contribution >= 4 is 34.7 Å². The maximum absolute atomic E-state index is 13.3. The molecule has 4 N–H and O–H groups in total. The predicted octanol–water partition coefficient (Wildman–Crippen LogP) is 3.35. The number of esters is 2. The number of benzene rings is 1. The van der Waals surface area contributed by atoms with E-state index in [1.807, 2.05) is 30.5 Å². The number of rotatable bonds is 17. The quantitative estimate of drug-likeness (QED) is 0.169. The highest BCUT2D eigenvalue weighted by molar-refractivity contribution is 5.86. The first-order valence-electron chi connectivity index (χ1n) is 13.8. The summed E-state index contributed by atoms with van der Waals surface area (Å²) in [7, 11) is 0. The molecule has 41 heavy (non-hydrogen) atoms. The fourth-order valence-electron chi connectivity index (χ4n) is 4.36. The van der Waals surface area contributed by atoms with Gasteiger partial charge >= 0.3 is 11.9 Å². The van der Waals surface area contributed by atoms with Gasteiger partial charge in [-0.1, -0.05) is 30.4 Å². The van der Waals surface area contributed by atoms with Crippen LogP contribution in [-0.4, -0.2) is 65.2 Å². The van der Waals surface area contributed by atoms with E-state index in [9.17, 15) is 19.2 Å². The highest BCUT2D eigenvalue weighted by atomic mass is 16.6. The summed E-state index contributed by atoms with van der Waals surface area (Å²) in [4.78, 5) is 54.2. The lowest BCUT2D eigenvalue weighted by Gasteiger charge is -2.24. The molecule has 0 spiro atoms. The first-order chi connectivity index (χ1) is 19.5. The number of aromatic amines is 1. The van der Waals surface area contributed by atoms with Gasteiger partial charge in [-0.3, -0.25) is 19.2 Å². The first-order valence-corrected chi connectivity index (χ1v) is 13.8. The summed E-state index contributed by atoms with van der Waals surface area (Å²) in [5.41, 5.74) is 1.16. The summed E-state index contributed by atoms with van der Waals surface area (Å²) >= 11 is 0. The highest BCUT2D eigenvalue weighted by Gasteiger charge is 2.28. The minimum atomic E-state index is -0.782. The second-order valence-corrected chi connectivity index (χ2v) is 10.9. The van der Waals surface area contributed by atoms with E-state index in [-0.39, 0.29) is 57.3 Å². The minimum Gasteiger partial charge on any atom is -0.463 e. The molecular weight excluding hydrogens is 526 g/mol. The third kappa shape index (κ3) is 11.6. The van der Waals surface area contributed by atoms with Crippen LogP contribution >= 0.6 is 0 Å². The molecule has 0 saturated carbocycles. The summed E-state index contributed by atoms with van der Waals surface area (Å²) in [6, 6.07) is 7.10. The predicted molar refractivity (Wildman–Crippen MR) is 157 cm³/mol. The Hall–Kier alpha value is -3.92. The molecule has 0 aliphatic heterocycles. The van der Waals surface area contributed by atoms with Gasteiger partial charge in [-0.2, -0.15) is 0 Å². The number of aromatic nitrogens is 1. The van der Waals surface area contributed by atoms with Gasteiger partial charge in [0, 0.05) is 30.1 Å². The van der Waals surface area contributed by atoms with E-state index in [4.69, 9.17) is 14.6 Å². The van der Waals surface area contributed by atoms with Crippen LogP contribution in [-0.2, 0) is 35.1 Å². The van der Waals surface area contributed by atoms with E-state index >= 15 is 0 Å². The molecular formula is C31H43N3O7. The number of H-pyrrole nitrogens is 1. The summed E-state index contributed by atoms with van der Waals surface area (Å²) in [5.74, 6) is -3.35. The second kappa shape index (κ2) is 16.4. The molecule has 0 unspecified atom stereocenters. The van der Waals surface area contributed by atoms with Crippen LogP contribution in [0.2, 0.25) is 0 Å². The fourth-order valence-corrected chi connectivity index (χ4v) is 4.36. The van der Waals surface area contributed by atoms with Crippen molar-refractivity contribution < 1.29 is 33.8 Å². The van der Waals surface area contributed by atoms with Crippen LogP contribution in [0.15, 0.2) is 55.8 Å². The Morgan fingerprint density at radius 2 is 1.73 bits per heavy atom. The number of amides is 2. The Labute approximate surface area is 241 Å². The van der Waals surface area contributed by atoms with Crippen LogP contribution in [0.4, 0.5) is 0 Å². The lowest BCUT2D eigenvalue weighted by molar-refractivity contribution is -0.161. The van der Waals surface area contributed by atoms with Crippen LogP contribution in [0.5, 0.6) is 0 Å². The second-order valence-electron chi connectivity index (χ2n) is 10.9. The van der Waals surface area contributed by atoms with Gasteiger partial charge in [-0.15, -0.1) is 13.2 Å². The van der Waals surface area contributed by atoms with Gasteiger partial charge in [0.1, 0.15) is 12.2 Å².